The third-order valence-corrected chi connectivity index (χ3v) is 16.1. The molecule has 0 aliphatic carbocycles. The molecular formula is C61H81N11O25. The number of rotatable bonds is 40. The Morgan fingerprint density at radius 3 is 1.34 bits per heavy atom. The van der Waals surface area contributed by atoms with E-state index < -0.39 is 237 Å². The second kappa shape index (κ2) is 37.9. The molecule has 0 spiro atoms. The molecule has 10 amide bonds. The lowest BCUT2D eigenvalue weighted by Gasteiger charge is -2.34. The third-order valence-electron chi connectivity index (χ3n) is 16.1. The zero-order valence-corrected chi connectivity index (χ0v) is 53.2. The number of likely N-dealkylation sites (tertiary alicyclic amines) is 2. The standard InChI is InChI=1S/C61H81N11O25/c1-4-31(2)51(69-58(91)44-8-5-27-70(44)59(92)39(19-24-48(79)80)66-55(88)41(63-45(74)21-26-50(83)84)29-34-11-15-36(73)16-12-34)60(93)71-28-6-7-43(71)57(90)65-38(18-23-47(77)78)54(87)64-37(17-22-46(75)76)53(86)62-32(3)52(85)68-42(30-33-9-13-35(14-10-33)72(96)97)56(89)67-40(61(94)95)20-25-49(81)82/h9-16,31-32,37-44,51,73H,4-8,17-30H2,1-3H3,(H,62,86)(H,63,74)(H,64,87)(H,65,90)(H,66,88)(H,67,89)(H,68,85)(H,69,91)(H,75,76)(H,77,78)(H,79,80)(H,81,82)(H,83,84)(H,94,95)/t31-,32-,37-,38-,39-,40-,41-,42-,43-,44-,51-/m0/s1. The van der Waals surface area contributed by atoms with E-state index >= 15 is 0 Å². The summed E-state index contributed by atoms with van der Waals surface area (Å²) in [5, 5.41) is 97.0. The lowest BCUT2D eigenvalue weighted by Crippen LogP contribution is -2.61. The molecule has 2 aliphatic heterocycles. The SMILES string of the molecule is CC[C@H](C)[C@H](NC(=O)[C@@H]1CCCN1C(=O)[C@H](CCC(=O)O)NC(=O)[C@H](Cc1ccc(O)cc1)NC(=O)CCC(=O)O)C(=O)N1CCC[C@H]1C(=O)N[C@@H](CCC(=O)O)C(=O)N[C@@H](CCC(=O)O)C(=O)N[C@@H](C)C(=O)N[C@@H](Cc1ccc([N+](=O)[O-])cc1)C(=O)N[C@@H](CCC(=O)O)C(=O)O. The number of phenolic OH excluding ortho intramolecular Hbond substituents is 1. The summed E-state index contributed by atoms with van der Waals surface area (Å²) in [5.41, 5.74) is 0.268. The zero-order valence-electron chi connectivity index (χ0n) is 53.2. The lowest BCUT2D eigenvalue weighted by atomic mass is 9.96. The second-order valence-corrected chi connectivity index (χ2v) is 23.4. The molecule has 530 valence electrons. The van der Waals surface area contributed by atoms with Crippen molar-refractivity contribution in [2.45, 2.75) is 190 Å². The molecule has 36 heteroatoms. The van der Waals surface area contributed by atoms with Gasteiger partial charge in [-0.2, -0.15) is 0 Å². The summed E-state index contributed by atoms with van der Waals surface area (Å²) in [6.07, 6.45) is -6.48. The summed E-state index contributed by atoms with van der Waals surface area (Å²) < 4.78 is 0. The number of aromatic hydroxyl groups is 1. The van der Waals surface area contributed by atoms with Crippen molar-refractivity contribution in [1.82, 2.24) is 52.3 Å². The highest BCUT2D eigenvalue weighted by molar-refractivity contribution is 5.99. The Labute approximate surface area is 553 Å². The van der Waals surface area contributed by atoms with Crippen molar-refractivity contribution in [3.63, 3.8) is 0 Å². The molecule has 2 aliphatic rings. The van der Waals surface area contributed by atoms with Crippen LogP contribution in [0, 0.1) is 16.0 Å². The molecule has 0 aromatic heterocycles. The van der Waals surface area contributed by atoms with Gasteiger partial charge in [-0.25, -0.2) is 4.79 Å². The van der Waals surface area contributed by atoms with E-state index in [9.17, 15) is 112 Å². The summed E-state index contributed by atoms with van der Waals surface area (Å²) in [5.74, 6) is -19.5. The van der Waals surface area contributed by atoms with Gasteiger partial charge in [0.1, 0.15) is 66.2 Å². The summed E-state index contributed by atoms with van der Waals surface area (Å²) in [7, 11) is 0. The normalized spacial score (nSPS) is 16.9. The van der Waals surface area contributed by atoms with E-state index in [0.29, 0.717) is 5.56 Å². The minimum atomic E-state index is -1.84. The number of benzene rings is 2. The number of carboxylic acids is 6. The number of carbonyl (C=O) groups is 16. The maximum absolute atomic E-state index is 14.7. The molecule has 2 fully saturated rings. The highest BCUT2D eigenvalue weighted by Crippen LogP contribution is 2.25. The van der Waals surface area contributed by atoms with Gasteiger partial charge in [0.2, 0.25) is 59.1 Å². The number of hydrogen-bond acceptors (Lipinski definition) is 19. The average molecular weight is 1370 g/mol. The summed E-state index contributed by atoms with van der Waals surface area (Å²) in [6.45, 7) is 4.24. The van der Waals surface area contributed by atoms with Crippen molar-refractivity contribution >= 4 is 101 Å². The van der Waals surface area contributed by atoms with Crippen molar-refractivity contribution in [3.05, 3.63) is 69.8 Å². The number of carbonyl (C=O) groups excluding carboxylic acids is 10. The summed E-state index contributed by atoms with van der Waals surface area (Å²) in [6, 6.07) is -5.81. The Bertz CT molecular complexity index is 3260. The molecule has 2 saturated heterocycles. The maximum atomic E-state index is 14.7. The van der Waals surface area contributed by atoms with Gasteiger partial charge in [-0.1, -0.05) is 44.5 Å². The minimum Gasteiger partial charge on any atom is -0.508 e. The first kappa shape index (κ1) is 78.6. The van der Waals surface area contributed by atoms with Crippen LogP contribution in [0.3, 0.4) is 0 Å². The zero-order chi connectivity index (χ0) is 72.4. The number of carboxylic acid groups (broad SMARTS) is 6. The van der Waals surface area contributed by atoms with Gasteiger partial charge < -0.3 is 88.1 Å². The molecule has 4 rings (SSSR count). The fraction of sp³-hybridized carbons (Fsp3) is 0.541. The fourth-order valence-corrected chi connectivity index (χ4v) is 10.6. The predicted molar refractivity (Wildman–Crippen MR) is 331 cm³/mol. The molecule has 36 nitrogen and oxygen atoms in total. The number of amides is 10. The maximum Gasteiger partial charge on any atom is 0.326 e. The van der Waals surface area contributed by atoms with E-state index in [1.165, 1.54) is 36.4 Å². The monoisotopic (exact) mass is 1370 g/mol. The van der Waals surface area contributed by atoms with Crippen molar-refractivity contribution < 1.29 is 117 Å². The van der Waals surface area contributed by atoms with Gasteiger partial charge in [-0.15, -0.1) is 0 Å². The van der Waals surface area contributed by atoms with Gasteiger partial charge in [0.15, 0.2) is 0 Å². The Morgan fingerprint density at radius 1 is 0.474 bits per heavy atom. The molecule has 0 bridgehead atoms. The number of phenols is 1. The summed E-state index contributed by atoms with van der Waals surface area (Å²) >= 11 is 0. The highest BCUT2D eigenvalue weighted by Gasteiger charge is 2.44. The molecule has 2 heterocycles. The predicted octanol–water partition coefficient (Wildman–Crippen LogP) is -1.58. The van der Waals surface area contributed by atoms with Crippen LogP contribution in [0.4, 0.5) is 5.69 Å². The second-order valence-electron chi connectivity index (χ2n) is 23.4. The molecule has 0 radical (unpaired) electrons. The first-order valence-electron chi connectivity index (χ1n) is 31.1. The van der Waals surface area contributed by atoms with Crippen LogP contribution in [0.1, 0.15) is 128 Å². The van der Waals surface area contributed by atoms with Crippen molar-refractivity contribution in [2.24, 2.45) is 5.92 Å². The molecule has 15 N–H and O–H groups in total. The Hall–Kier alpha value is -10.8. The lowest BCUT2D eigenvalue weighted by molar-refractivity contribution is -0.384. The van der Waals surface area contributed by atoms with Crippen LogP contribution in [-0.4, -0.2) is 219 Å². The van der Waals surface area contributed by atoms with Gasteiger partial charge in [-0.05, 0) is 87.5 Å². The number of nitrogens with one attached hydrogen (secondary N) is 8. The Balaban J connectivity index is 1.53. The molecule has 0 unspecified atom stereocenters. The van der Waals surface area contributed by atoms with Crippen LogP contribution in [0.5, 0.6) is 5.75 Å². The van der Waals surface area contributed by atoms with Crippen LogP contribution in [-0.2, 0) is 89.6 Å². The first-order valence-corrected chi connectivity index (χ1v) is 31.1. The number of nitro groups is 1. The van der Waals surface area contributed by atoms with Crippen molar-refractivity contribution in [2.75, 3.05) is 13.1 Å². The quantitative estimate of drug-likeness (QED) is 0.0264. The van der Waals surface area contributed by atoms with Gasteiger partial charge in [0.05, 0.1) is 11.3 Å². The largest absolute Gasteiger partial charge is 0.508 e. The first-order chi connectivity index (χ1) is 45.7. The van der Waals surface area contributed by atoms with E-state index in [1.54, 1.807) is 13.8 Å². The van der Waals surface area contributed by atoms with Crippen LogP contribution in [0.25, 0.3) is 0 Å². The molecule has 11 atom stereocenters. The van der Waals surface area contributed by atoms with Gasteiger partial charge in [0.25, 0.3) is 5.69 Å². The Morgan fingerprint density at radius 2 is 0.866 bits per heavy atom. The third kappa shape index (κ3) is 25.4. The van der Waals surface area contributed by atoms with E-state index in [4.69, 9.17) is 10.2 Å². The number of nitrogens with zero attached hydrogens (tertiary/aromatic N) is 3. The fourth-order valence-electron chi connectivity index (χ4n) is 10.6. The van der Waals surface area contributed by atoms with Crippen LogP contribution < -0.4 is 42.5 Å². The minimum absolute atomic E-state index is 0.0233. The Kier molecular flexibility index (Phi) is 30.7. The molecule has 2 aromatic rings. The van der Waals surface area contributed by atoms with Crippen LogP contribution in [0.2, 0.25) is 0 Å². The highest BCUT2D eigenvalue weighted by atomic mass is 16.6. The van der Waals surface area contributed by atoms with E-state index in [0.717, 1.165) is 28.9 Å². The molecule has 97 heavy (non-hydrogen) atoms. The van der Waals surface area contributed by atoms with Crippen LogP contribution >= 0.6 is 0 Å². The van der Waals surface area contributed by atoms with E-state index in [1.807, 2.05) is 0 Å². The van der Waals surface area contributed by atoms with Gasteiger partial charge >= 0.3 is 35.8 Å². The smallest absolute Gasteiger partial charge is 0.326 e. The van der Waals surface area contributed by atoms with Crippen molar-refractivity contribution in [3.8, 4) is 5.75 Å². The molecular weight excluding hydrogens is 1290 g/mol. The average Bonchev–Trinajstić information content (AvgIpc) is 1.74. The van der Waals surface area contributed by atoms with Crippen LogP contribution in [0.15, 0.2) is 48.5 Å². The summed E-state index contributed by atoms with van der Waals surface area (Å²) in [4.78, 5) is 223. The number of aliphatic carboxylic acids is 6. The number of non-ortho nitro benzene ring substituents is 1. The molecule has 0 saturated carbocycles. The van der Waals surface area contributed by atoms with Gasteiger partial charge in [0, 0.05) is 70.2 Å². The van der Waals surface area contributed by atoms with E-state index in [2.05, 4.69) is 42.5 Å². The van der Waals surface area contributed by atoms with Crippen molar-refractivity contribution in [1.29, 1.82) is 0 Å². The van der Waals surface area contributed by atoms with Gasteiger partial charge in [-0.3, -0.25) is 82.0 Å². The topological polar surface area (TPSA) is 561 Å². The number of hydrogen-bond donors (Lipinski definition) is 15. The van der Waals surface area contributed by atoms with E-state index in [-0.39, 0.29) is 68.6 Å². The molecule has 2 aromatic carbocycles. The number of nitro benzene ring substituents is 1.